The minimum absolute atomic E-state index is 0.0836. The van der Waals surface area contributed by atoms with E-state index < -0.39 is 6.17 Å². The number of aromatic nitrogens is 4. The van der Waals surface area contributed by atoms with Gasteiger partial charge in [-0.15, -0.1) is 0 Å². The van der Waals surface area contributed by atoms with E-state index in [1.165, 1.54) is 0 Å². The van der Waals surface area contributed by atoms with Gasteiger partial charge in [-0.05, 0) is 37.0 Å². The molecule has 6 rings (SSSR count). The first-order valence-electron chi connectivity index (χ1n) is 11.5. The fourth-order valence-corrected chi connectivity index (χ4v) is 5.35. The van der Waals surface area contributed by atoms with Gasteiger partial charge < -0.3 is 20.1 Å². The van der Waals surface area contributed by atoms with Gasteiger partial charge in [-0.25, -0.2) is 9.37 Å². The van der Waals surface area contributed by atoms with Gasteiger partial charge >= 0.3 is 0 Å². The maximum Gasteiger partial charge on any atom is 0.147 e. The molecule has 0 saturated carbocycles. The van der Waals surface area contributed by atoms with Gasteiger partial charge in [-0.2, -0.15) is 5.10 Å². The van der Waals surface area contributed by atoms with E-state index in [1.54, 1.807) is 29.3 Å². The van der Waals surface area contributed by atoms with Crippen LogP contribution in [0.1, 0.15) is 19.3 Å². The molecule has 4 atom stereocenters. The number of ether oxygens (including phenoxy) is 1. The van der Waals surface area contributed by atoms with Crippen LogP contribution in [0.15, 0.2) is 43.0 Å². The van der Waals surface area contributed by atoms with Gasteiger partial charge in [0.1, 0.15) is 17.7 Å². The van der Waals surface area contributed by atoms with Crippen molar-refractivity contribution < 1.29 is 14.2 Å². The second kappa shape index (κ2) is 8.07. The fraction of sp³-hybridized carbons (Fsp3) is 0.458. The number of phenols is 1. The number of anilines is 1. The van der Waals surface area contributed by atoms with E-state index in [-0.39, 0.29) is 23.9 Å². The van der Waals surface area contributed by atoms with Crippen molar-refractivity contribution in [2.45, 2.75) is 49.6 Å². The number of benzene rings is 1. The summed E-state index contributed by atoms with van der Waals surface area (Å²) >= 11 is 0. The smallest absolute Gasteiger partial charge is 0.147 e. The Morgan fingerprint density at radius 2 is 2.03 bits per heavy atom. The SMILES string of the molecule is Cn1cc(-c2ccc(-c3cnc(N(C4COC4)[C@@H]4CC5CCC(N5)[C@@H]4F)cn3)c(O)c2)cn1. The van der Waals surface area contributed by atoms with Crippen molar-refractivity contribution in [2.75, 3.05) is 18.1 Å². The highest BCUT2D eigenvalue weighted by molar-refractivity contribution is 5.73. The molecule has 5 heterocycles. The Balaban J connectivity index is 1.27. The zero-order valence-electron chi connectivity index (χ0n) is 18.4. The third-order valence-corrected chi connectivity index (χ3v) is 7.14. The molecule has 172 valence electrons. The number of rotatable bonds is 5. The molecule has 0 radical (unpaired) electrons. The lowest BCUT2D eigenvalue weighted by atomic mass is 9.94. The molecule has 33 heavy (non-hydrogen) atoms. The van der Waals surface area contributed by atoms with Crippen LogP contribution in [0.4, 0.5) is 10.2 Å². The number of nitrogens with zero attached hydrogens (tertiary/aromatic N) is 5. The molecule has 2 aromatic heterocycles. The number of piperidine rings is 1. The molecule has 3 aliphatic rings. The number of aromatic hydroxyl groups is 1. The molecule has 0 amide bonds. The summed E-state index contributed by atoms with van der Waals surface area (Å²) in [7, 11) is 1.85. The molecule has 2 bridgehead atoms. The van der Waals surface area contributed by atoms with Crippen molar-refractivity contribution in [1.82, 2.24) is 25.1 Å². The summed E-state index contributed by atoms with van der Waals surface area (Å²) in [5, 5.41) is 18.2. The van der Waals surface area contributed by atoms with Crippen LogP contribution in [0.25, 0.3) is 22.4 Å². The van der Waals surface area contributed by atoms with Crippen molar-refractivity contribution in [1.29, 1.82) is 0 Å². The monoisotopic (exact) mass is 450 g/mol. The maximum atomic E-state index is 15.3. The van der Waals surface area contributed by atoms with Crippen molar-refractivity contribution in [3.63, 3.8) is 0 Å². The predicted octanol–water partition coefficient (Wildman–Crippen LogP) is 2.69. The number of aryl methyl sites for hydroxylation is 1. The molecule has 0 spiro atoms. The first kappa shape index (κ1) is 20.6. The third-order valence-electron chi connectivity index (χ3n) is 7.14. The number of nitrogens with one attached hydrogen (secondary N) is 1. The van der Waals surface area contributed by atoms with Gasteiger partial charge in [-0.3, -0.25) is 9.67 Å². The van der Waals surface area contributed by atoms with Crippen LogP contribution in [0.3, 0.4) is 0 Å². The van der Waals surface area contributed by atoms with Crippen LogP contribution < -0.4 is 10.2 Å². The summed E-state index contributed by atoms with van der Waals surface area (Å²) in [6, 6.07) is 5.62. The lowest BCUT2D eigenvalue weighted by molar-refractivity contribution is -0.00218. The van der Waals surface area contributed by atoms with Gasteiger partial charge in [0.15, 0.2) is 0 Å². The molecule has 2 N–H and O–H groups in total. The Morgan fingerprint density at radius 1 is 1.15 bits per heavy atom. The summed E-state index contributed by atoms with van der Waals surface area (Å²) < 4.78 is 22.5. The van der Waals surface area contributed by atoms with Gasteiger partial charge in [0, 0.05) is 36.5 Å². The van der Waals surface area contributed by atoms with Gasteiger partial charge in [0.25, 0.3) is 0 Å². The number of hydrogen-bond donors (Lipinski definition) is 2. The van der Waals surface area contributed by atoms with E-state index in [4.69, 9.17) is 4.74 Å². The van der Waals surface area contributed by atoms with E-state index >= 15 is 4.39 Å². The van der Waals surface area contributed by atoms with Crippen LogP contribution in [-0.2, 0) is 11.8 Å². The highest BCUT2D eigenvalue weighted by Gasteiger charge is 2.47. The van der Waals surface area contributed by atoms with E-state index in [9.17, 15) is 5.11 Å². The molecule has 1 aromatic carbocycles. The lowest BCUT2D eigenvalue weighted by Crippen LogP contribution is -2.62. The average Bonchev–Trinajstić information content (AvgIpc) is 3.40. The first-order chi connectivity index (χ1) is 16.1. The Bertz CT molecular complexity index is 1150. The lowest BCUT2D eigenvalue weighted by Gasteiger charge is -2.47. The molecular weight excluding hydrogens is 423 g/mol. The second-order valence-corrected chi connectivity index (χ2v) is 9.29. The summed E-state index contributed by atoms with van der Waals surface area (Å²) in [5.41, 5.74) is 2.97. The Hall–Kier alpha value is -3.04. The Kier molecular flexibility index (Phi) is 5.03. The summed E-state index contributed by atoms with van der Waals surface area (Å²) in [6.45, 7) is 1.15. The molecule has 3 saturated heterocycles. The minimum Gasteiger partial charge on any atom is -0.507 e. The average molecular weight is 451 g/mol. The quantitative estimate of drug-likeness (QED) is 0.618. The van der Waals surface area contributed by atoms with Crippen molar-refractivity contribution >= 4 is 5.82 Å². The topological polar surface area (TPSA) is 88.3 Å². The summed E-state index contributed by atoms with van der Waals surface area (Å²) in [6.07, 6.45) is 8.72. The van der Waals surface area contributed by atoms with E-state index in [0.29, 0.717) is 36.3 Å². The highest BCUT2D eigenvalue weighted by atomic mass is 19.1. The summed E-state index contributed by atoms with van der Waals surface area (Å²) in [5.74, 6) is 0.786. The predicted molar refractivity (Wildman–Crippen MR) is 122 cm³/mol. The van der Waals surface area contributed by atoms with E-state index in [1.807, 2.05) is 25.4 Å². The van der Waals surface area contributed by atoms with Crippen LogP contribution in [-0.4, -0.2) is 68.4 Å². The van der Waals surface area contributed by atoms with E-state index in [2.05, 4.69) is 25.3 Å². The van der Waals surface area contributed by atoms with E-state index in [0.717, 1.165) is 30.4 Å². The van der Waals surface area contributed by atoms with Crippen LogP contribution in [0.2, 0.25) is 0 Å². The number of alkyl halides is 1. The standard InChI is InChI=1S/C24H27FN6O2/c1-30-11-15(8-28-30)14-2-4-18(22(32)6-14)20-9-27-23(10-26-20)31(17-12-33-13-17)21-7-16-3-5-19(29-16)24(21)25/h2,4,6,8-11,16-17,19,21,24,29,32H,3,5,7,12-13H2,1H3/t16?,19?,21-,24+/m1/s1. The highest BCUT2D eigenvalue weighted by Crippen LogP contribution is 2.37. The van der Waals surface area contributed by atoms with Crippen molar-refractivity contribution in [3.05, 3.63) is 43.0 Å². The zero-order chi connectivity index (χ0) is 22.5. The number of halogens is 1. The maximum absolute atomic E-state index is 15.3. The third kappa shape index (κ3) is 3.65. The molecule has 9 heteroatoms. The first-order valence-corrected chi connectivity index (χ1v) is 11.5. The number of hydrogen-bond acceptors (Lipinski definition) is 7. The van der Waals surface area contributed by atoms with Gasteiger partial charge in [0.2, 0.25) is 0 Å². The summed E-state index contributed by atoms with van der Waals surface area (Å²) in [4.78, 5) is 11.3. The molecule has 8 nitrogen and oxygen atoms in total. The molecule has 3 aromatic rings. The Labute approximate surface area is 191 Å². The van der Waals surface area contributed by atoms with Crippen LogP contribution >= 0.6 is 0 Å². The van der Waals surface area contributed by atoms with Gasteiger partial charge in [0.05, 0.1) is 49.6 Å². The second-order valence-electron chi connectivity index (χ2n) is 9.29. The normalized spacial score (nSPS) is 26.8. The van der Waals surface area contributed by atoms with Crippen LogP contribution in [0, 0.1) is 0 Å². The number of phenolic OH excluding ortho intramolecular Hbond substituents is 1. The largest absolute Gasteiger partial charge is 0.507 e. The van der Waals surface area contributed by atoms with Crippen LogP contribution in [0.5, 0.6) is 5.75 Å². The molecule has 3 aliphatic heterocycles. The Morgan fingerprint density at radius 3 is 2.70 bits per heavy atom. The molecule has 3 fully saturated rings. The minimum atomic E-state index is -0.949. The van der Waals surface area contributed by atoms with Crippen molar-refractivity contribution in [2.24, 2.45) is 7.05 Å². The number of fused-ring (bicyclic) bond motifs is 2. The van der Waals surface area contributed by atoms with Gasteiger partial charge in [-0.1, -0.05) is 6.07 Å². The fourth-order valence-electron chi connectivity index (χ4n) is 5.35. The molecular formula is C24H27FN6O2. The molecule has 0 aliphatic carbocycles. The molecule has 2 unspecified atom stereocenters. The zero-order valence-corrected chi connectivity index (χ0v) is 18.4. The van der Waals surface area contributed by atoms with Crippen molar-refractivity contribution in [3.8, 4) is 28.1 Å².